The number of halogens is 1. The molecule has 0 heterocycles. The number of nitrogens with zero attached hydrogens (tertiary/aromatic N) is 1. The van der Waals surface area contributed by atoms with Gasteiger partial charge in [0.2, 0.25) is 5.75 Å². The second kappa shape index (κ2) is 6.82. The molecule has 2 N–H and O–H groups in total. The molecule has 0 atom stereocenters. The van der Waals surface area contributed by atoms with Crippen LogP contribution in [0.3, 0.4) is 0 Å². The van der Waals surface area contributed by atoms with Crippen molar-refractivity contribution in [2.75, 3.05) is 0 Å². The maximum absolute atomic E-state index is 11.1. The third kappa shape index (κ3) is 4.01. The predicted molar refractivity (Wildman–Crippen MR) is 64.2 cm³/mol. The molecule has 0 bridgehead atoms. The number of nitro groups is 1. The Balaban J connectivity index is 0.00000256. The van der Waals surface area contributed by atoms with E-state index in [1.807, 2.05) is 0 Å². The number of nitro benzene ring substituents is 1. The Morgan fingerprint density at radius 3 is 2.65 bits per heavy atom. The fourth-order valence-corrected chi connectivity index (χ4v) is 1.11. The number of ether oxygens (including phenoxy) is 1. The minimum absolute atomic E-state index is 0. The highest BCUT2D eigenvalue weighted by Gasteiger charge is 2.17. The first-order valence-electron chi connectivity index (χ1n) is 4.76. The Morgan fingerprint density at radius 2 is 2.18 bits per heavy atom. The summed E-state index contributed by atoms with van der Waals surface area (Å²) in [6, 6.07) is 4.22. The lowest BCUT2D eigenvalue weighted by atomic mass is 10.2. The molecule has 6 nitrogen and oxygen atoms in total. The highest BCUT2D eigenvalue weighted by molar-refractivity contribution is 5.85. The third-order valence-corrected chi connectivity index (χ3v) is 1.97. The minimum Gasteiger partial charge on any atom is -0.419 e. The van der Waals surface area contributed by atoms with Gasteiger partial charge in [0.25, 0.3) is 0 Å². The van der Waals surface area contributed by atoms with Crippen LogP contribution in [0.5, 0.6) is 5.75 Å². The van der Waals surface area contributed by atoms with E-state index < -0.39 is 10.9 Å². The minimum atomic E-state index is -0.599. The van der Waals surface area contributed by atoms with Crippen molar-refractivity contribution in [1.82, 2.24) is 0 Å². The molecule has 17 heavy (non-hydrogen) atoms. The molecule has 1 rings (SSSR count). The van der Waals surface area contributed by atoms with E-state index in [9.17, 15) is 14.9 Å². The molecule has 1 aromatic rings. The molecule has 0 spiro atoms. The maximum atomic E-state index is 11.1. The van der Waals surface area contributed by atoms with Gasteiger partial charge in [0.1, 0.15) is 0 Å². The summed E-state index contributed by atoms with van der Waals surface area (Å²) in [5.74, 6) is -0.572. The molecular formula is C10H13ClN2O4. The van der Waals surface area contributed by atoms with Gasteiger partial charge in [-0.3, -0.25) is 14.9 Å². The molecule has 0 aliphatic heterocycles. The molecule has 0 aliphatic carbocycles. The van der Waals surface area contributed by atoms with E-state index in [-0.39, 0.29) is 36.8 Å². The second-order valence-electron chi connectivity index (χ2n) is 3.09. The average Bonchev–Trinajstić information content (AvgIpc) is 2.28. The van der Waals surface area contributed by atoms with Crippen molar-refractivity contribution in [2.45, 2.75) is 19.9 Å². The molecule has 1 aromatic carbocycles. The Kier molecular flexibility index (Phi) is 6.16. The zero-order valence-electron chi connectivity index (χ0n) is 9.21. The normalized spacial score (nSPS) is 9.29. The molecule has 0 aliphatic rings. The van der Waals surface area contributed by atoms with Gasteiger partial charge in [-0.1, -0.05) is 13.0 Å². The fraction of sp³-hybridized carbons (Fsp3) is 0.300. The average molecular weight is 261 g/mol. The van der Waals surface area contributed by atoms with Gasteiger partial charge < -0.3 is 10.5 Å². The van der Waals surface area contributed by atoms with E-state index in [1.54, 1.807) is 6.92 Å². The topological polar surface area (TPSA) is 95.5 Å². The number of esters is 1. The summed E-state index contributed by atoms with van der Waals surface area (Å²) >= 11 is 0. The molecule has 0 saturated carbocycles. The molecule has 0 radical (unpaired) electrons. The molecule has 0 amide bonds. The van der Waals surface area contributed by atoms with Gasteiger partial charge in [-0.15, -0.1) is 12.4 Å². The highest BCUT2D eigenvalue weighted by atomic mass is 35.5. The van der Waals surface area contributed by atoms with Gasteiger partial charge in [-0.2, -0.15) is 0 Å². The summed E-state index contributed by atoms with van der Waals surface area (Å²) in [4.78, 5) is 21.2. The van der Waals surface area contributed by atoms with Crippen molar-refractivity contribution in [1.29, 1.82) is 0 Å². The summed E-state index contributed by atoms with van der Waals surface area (Å²) in [6.45, 7) is 1.84. The lowest BCUT2D eigenvalue weighted by Gasteiger charge is -2.05. The van der Waals surface area contributed by atoms with Crippen LogP contribution in [0.1, 0.15) is 18.9 Å². The number of carbonyl (C=O) groups is 1. The van der Waals surface area contributed by atoms with E-state index in [4.69, 9.17) is 10.5 Å². The van der Waals surface area contributed by atoms with Crippen LogP contribution >= 0.6 is 12.4 Å². The number of carbonyl (C=O) groups excluding carboxylic acids is 1. The van der Waals surface area contributed by atoms with Gasteiger partial charge >= 0.3 is 11.7 Å². The van der Waals surface area contributed by atoms with Gasteiger partial charge in [0.05, 0.1) is 4.92 Å². The maximum Gasteiger partial charge on any atom is 0.311 e. The smallest absolute Gasteiger partial charge is 0.311 e. The predicted octanol–water partition coefficient (Wildman–Crippen LogP) is 1.79. The SMILES string of the molecule is CCC(=O)Oc1cc(CN)ccc1[N+](=O)[O-].Cl. The Hall–Kier alpha value is -1.66. The van der Waals surface area contributed by atoms with E-state index >= 15 is 0 Å². The summed E-state index contributed by atoms with van der Waals surface area (Å²) in [5, 5.41) is 10.7. The first kappa shape index (κ1) is 15.3. The van der Waals surface area contributed by atoms with Crippen LogP contribution in [-0.4, -0.2) is 10.9 Å². The van der Waals surface area contributed by atoms with Gasteiger partial charge in [0, 0.05) is 19.0 Å². The fourth-order valence-electron chi connectivity index (χ4n) is 1.11. The number of rotatable bonds is 4. The van der Waals surface area contributed by atoms with Crippen molar-refractivity contribution in [3.05, 3.63) is 33.9 Å². The molecule has 94 valence electrons. The zero-order valence-corrected chi connectivity index (χ0v) is 10.0. The van der Waals surface area contributed by atoms with Crippen LogP contribution < -0.4 is 10.5 Å². The number of benzene rings is 1. The monoisotopic (exact) mass is 260 g/mol. The number of nitrogens with two attached hydrogens (primary N) is 1. The molecular weight excluding hydrogens is 248 g/mol. The van der Waals surface area contributed by atoms with Gasteiger partial charge in [-0.05, 0) is 11.6 Å². The first-order chi connectivity index (χ1) is 7.58. The van der Waals surface area contributed by atoms with Crippen LogP contribution in [0.25, 0.3) is 0 Å². The molecule has 0 aromatic heterocycles. The number of hydrogen-bond acceptors (Lipinski definition) is 5. The van der Waals surface area contributed by atoms with E-state index in [0.29, 0.717) is 5.56 Å². The Morgan fingerprint density at radius 1 is 1.53 bits per heavy atom. The van der Waals surface area contributed by atoms with Crippen LogP contribution in [0.4, 0.5) is 5.69 Å². The van der Waals surface area contributed by atoms with E-state index in [1.165, 1.54) is 18.2 Å². The molecule has 0 unspecified atom stereocenters. The Bertz CT molecular complexity index is 423. The Labute approximate surface area is 104 Å². The van der Waals surface area contributed by atoms with Crippen LogP contribution in [0.2, 0.25) is 0 Å². The third-order valence-electron chi connectivity index (χ3n) is 1.97. The van der Waals surface area contributed by atoms with Crippen molar-refractivity contribution >= 4 is 24.1 Å². The summed E-state index contributed by atoms with van der Waals surface area (Å²) < 4.78 is 4.86. The lowest BCUT2D eigenvalue weighted by molar-refractivity contribution is -0.385. The van der Waals surface area contributed by atoms with Crippen molar-refractivity contribution < 1.29 is 14.5 Å². The van der Waals surface area contributed by atoms with E-state index in [0.717, 1.165) is 0 Å². The van der Waals surface area contributed by atoms with Gasteiger partial charge in [-0.25, -0.2) is 0 Å². The quantitative estimate of drug-likeness (QED) is 0.385. The van der Waals surface area contributed by atoms with Crippen LogP contribution in [0.15, 0.2) is 18.2 Å². The number of hydrogen-bond donors (Lipinski definition) is 1. The largest absolute Gasteiger partial charge is 0.419 e. The highest BCUT2D eigenvalue weighted by Crippen LogP contribution is 2.28. The van der Waals surface area contributed by atoms with Crippen molar-refractivity contribution in [3.63, 3.8) is 0 Å². The standard InChI is InChI=1S/C10H12N2O4.ClH/c1-2-10(13)16-9-5-7(6-11)3-4-8(9)12(14)15;/h3-5H,2,6,11H2,1H3;1H. The summed E-state index contributed by atoms with van der Waals surface area (Å²) in [5.41, 5.74) is 5.83. The zero-order chi connectivity index (χ0) is 12.1. The van der Waals surface area contributed by atoms with Crippen molar-refractivity contribution in [3.8, 4) is 5.75 Å². The summed E-state index contributed by atoms with van der Waals surface area (Å²) in [6.07, 6.45) is 0.157. The van der Waals surface area contributed by atoms with E-state index in [2.05, 4.69) is 0 Å². The lowest BCUT2D eigenvalue weighted by Crippen LogP contribution is -2.08. The van der Waals surface area contributed by atoms with Crippen LogP contribution in [0, 0.1) is 10.1 Å². The van der Waals surface area contributed by atoms with Gasteiger partial charge in [0.15, 0.2) is 0 Å². The summed E-state index contributed by atoms with van der Waals surface area (Å²) in [7, 11) is 0. The second-order valence-corrected chi connectivity index (χ2v) is 3.09. The molecule has 0 saturated heterocycles. The first-order valence-corrected chi connectivity index (χ1v) is 4.76. The van der Waals surface area contributed by atoms with Crippen LogP contribution in [-0.2, 0) is 11.3 Å². The van der Waals surface area contributed by atoms with Crippen molar-refractivity contribution in [2.24, 2.45) is 5.73 Å². The molecule has 0 fully saturated rings. The molecule has 7 heteroatoms.